The highest BCUT2D eigenvalue weighted by Crippen LogP contribution is 2.40. The molecule has 0 saturated heterocycles. The number of rotatable bonds is 5. The lowest BCUT2D eigenvalue weighted by Crippen LogP contribution is -2.26. The van der Waals surface area contributed by atoms with Crippen LogP contribution < -0.4 is 4.74 Å². The van der Waals surface area contributed by atoms with Crippen molar-refractivity contribution in [3.8, 4) is 17.0 Å². The third-order valence-corrected chi connectivity index (χ3v) is 7.03. The lowest BCUT2D eigenvalue weighted by molar-refractivity contribution is 0.280. The molecule has 0 bridgehead atoms. The molecule has 4 aromatic rings. The lowest BCUT2D eigenvalue weighted by atomic mass is 10.0. The van der Waals surface area contributed by atoms with Crippen molar-refractivity contribution in [3.63, 3.8) is 0 Å². The summed E-state index contributed by atoms with van der Waals surface area (Å²) in [5.74, 6) is 2.46. The second-order valence-corrected chi connectivity index (χ2v) is 9.27. The summed E-state index contributed by atoms with van der Waals surface area (Å²) in [6.45, 7) is 3.01. The van der Waals surface area contributed by atoms with E-state index in [1.54, 1.807) is 7.11 Å². The topological polar surface area (TPSA) is 38.3 Å². The van der Waals surface area contributed by atoms with E-state index in [1.165, 1.54) is 46.0 Å². The second kappa shape index (κ2) is 8.60. The molecule has 0 amide bonds. The number of nitrogens with zero attached hydrogens (tertiary/aromatic N) is 3. The molecule has 3 aromatic carbocycles. The molecule has 1 saturated carbocycles. The Morgan fingerprint density at radius 3 is 2.48 bits per heavy atom. The molecule has 0 radical (unpaired) electrons. The van der Waals surface area contributed by atoms with Gasteiger partial charge in [-0.2, -0.15) is 0 Å². The molecule has 6 rings (SSSR count). The number of ether oxygens (including phenoxy) is 1. The number of hydrogen-bond donors (Lipinski definition) is 0. The molecule has 1 fully saturated rings. The summed E-state index contributed by atoms with van der Waals surface area (Å²) in [7, 11) is 1.71. The molecule has 1 aliphatic heterocycles. The molecule has 1 aromatic heterocycles. The van der Waals surface area contributed by atoms with Crippen molar-refractivity contribution in [1.82, 2.24) is 14.9 Å². The molecule has 33 heavy (non-hydrogen) atoms. The molecule has 4 heteroatoms. The molecule has 0 atom stereocenters. The van der Waals surface area contributed by atoms with Crippen LogP contribution in [0.2, 0.25) is 0 Å². The van der Waals surface area contributed by atoms with Gasteiger partial charge < -0.3 is 4.74 Å². The zero-order valence-corrected chi connectivity index (χ0v) is 19.1. The van der Waals surface area contributed by atoms with Crippen LogP contribution in [-0.4, -0.2) is 35.1 Å². The summed E-state index contributed by atoms with van der Waals surface area (Å²) in [5.41, 5.74) is 6.26. The van der Waals surface area contributed by atoms with Gasteiger partial charge in [0.25, 0.3) is 0 Å². The number of benzene rings is 3. The first-order chi connectivity index (χ1) is 16.3. The largest absolute Gasteiger partial charge is 0.497 e. The van der Waals surface area contributed by atoms with E-state index in [2.05, 4.69) is 59.5 Å². The van der Waals surface area contributed by atoms with E-state index < -0.39 is 0 Å². The molecule has 166 valence electrons. The highest BCUT2D eigenvalue weighted by Gasteiger charge is 2.30. The molecule has 0 N–H and O–H groups in total. The summed E-state index contributed by atoms with van der Waals surface area (Å²) in [5, 5.41) is 2.67. The van der Waals surface area contributed by atoms with E-state index in [0.29, 0.717) is 5.92 Å². The maximum Gasteiger partial charge on any atom is 0.132 e. The van der Waals surface area contributed by atoms with Gasteiger partial charge in [-0.15, -0.1) is 0 Å². The normalized spacial score (nSPS) is 16.4. The zero-order valence-electron chi connectivity index (χ0n) is 19.1. The minimum absolute atomic E-state index is 0.544. The first-order valence-corrected chi connectivity index (χ1v) is 12.0. The van der Waals surface area contributed by atoms with Crippen molar-refractivity contribution in [2.24, 2.45) is 0 Å². The van der Waals surface area contributed by atoms with Crippen molar-refractivity contribution in [2.45, 2.75) is 38.1 Å². The monoisotopic (exact) mass is 435 g/mol. The summed E-state index contributed by atoms with van der Waals surface area (Å²) < 4.78 is 5.37. The van der Waals surface area contributed by atoms with Gasteiger partial charge in [-0.05, 0) is 59.9 Å². The highest BCUT2D eigenvalue weighted by molar-refractivity contribution is 5.85. The molecule has 1 aliphatic carbocycles. The molecule has 2 heterocycles. The van der Waals surface area contributed by atoms with Gasteiger partial charge in [0.2, 0.25) is 0 Å². The van der Waals surface area contributed by atoms with Gasteiger partial charge in [-0.1, -0.05) is 42.5 Å². The van der Waals surface area contributed by atoms with Gasteiger partial charge in [0.1, 0.15) is 11.6 Å². The smallest absolute Gasteiger partial charge is 0.132 e. The van der Waals surface area contributed by atoms with Gasteiger partial charge in [-0.25, -0.2) is 9.97 Å². The van der Waals surface area contributed by atoms with E-state index in [1.807, 2.05) is 12.1 Å². The van der Waals surface area contributed by atoms with Crippen molar-refractivity contribution in [1.29, 1.82) is 0 Å². The van der Waals surface area contributed by atoms with E-state index in [4.69, 9.17) is 14.7 Å². The Bertz CT molecular complexity index is 1290. The van der Waals surface area contributed by atoms with Gasteiger partial charge in [0.15, 0.2) is 0 Å². The fourth-order valence-corrected chi connectivity index (χ4v) is 5.01. The summed E-state index contributed by atoms with van der Waals surface area (Å²) in [6.07, 6.45) is 4.39. The fourth-order valence-electron chi connectivity index (χ4n) is 5.01. The van der Waals surface area contributed by atoms with Crippen LogP contribution in [0.25, 0.3) is 22.0 Å². The Hall–Kier alpha value is -3.24. The van der Waals surface area contributed by atoms with Crippen molar-refractivity contribution < 1.29 is 4.74 Å². The number of hydrogen-bond acceptors (Lipinski definition) is 4. The predicted molar refractivity (Wildman–Crippen MR) is 133 cm³/mol. The van der Waals surface area contributed by atoms with Gasteiger partial charge >= 0.3 is 0 Å². The predicted octanol–water partition coefficient (Wildman–Crippen LogP) is 5.78. The van der Waals surface area contributed by atoms with Crippen LogP contribution in [0.5, 0.6) is 5.75 Å². The quantitative estimate of drug-likeness (QED) is 0.398. The van der Waals surface area contributed by atoms with Crippen LogP contribution >= 0.6 is 0 Å². The van der Waals surface area contributed by atoms with Crippen molar-refractivity contribution >= 4 is 10.8 Å². The number of methoxy groups -OCH3 is 1. The SMILES string of the molecule is COc1ccc(-c2nc(C3CC3)nc3c2CCN(Cc2cccc4ccccc24)CC3)cc1. The Morgan fingerprint density at radius 1 is 0.879 bits per heavy atom. The van der Waals surface area contributed by atoms with Gasteiger partial charge in [-0.3, -0.25) is 4.90 Å². The lowest BCUT2D eigenvalue weighted by Gasteiger charge is -2.20. The molecular weight excluding hydrogens is 406 g/mol. The summed E-state index contributed by atoms with van der Waals surface area (Å²) >= 11 is 0. The Balaban J connectivity index is 1.31. The van der Waals surface area contributed by atoms with Crippen LogP contribution in [0.15, 0.2) is 66.7 Å². The molecule has 0 spiro atoms. The maximum absolute atomic E-state index is 5.37. The van der Waals surface area contributed by atoms with Gasteiger partial charge in [0, 0.05) is 48.8 Å². The summed E-state index contributed by atoms with van der Waals surface area (Å²) in [6, 6.07) is 23.7. The van der Waals surface area contributed by atoms with Crippen LogP contribution in [0.1, 0.15) is 41.4 Å². The van der Waals surface area contributed by atoms with E-state index in [9.17, 15) is 0 Å². The van der Waals surface area contributed by atoms with Crippen molar-refractivity contribution in [3.05, 3.63) is 89.4 Å². The number of aromatic nitrogens is 2. The molecule has 0 unspecified atom stereocenters. The second-order valence-electron chi connectivity index (χ2n) is 9.27. The molecular formula is C29H29N3O. The average molecular weight is 436 g/mol. The van der Waals surface area contributed by atoms with Gasteiger partial charge in [0.05, 0.1) is 12.8 Å². The Labute approximate surface area is 195 Å². The first-order valence-electron chi connectivity index (χ1n) is 12.0. The third-order valence-electron chi connectivity index (χ3n) is 7.03. The van der Waals surface area contributed by atoms with E-state index >= 15 is 0 Å². The summed E-state index contributed by atoms with van der Waals surface area (Å²) in [4.78, 5) is 12.8. The van der Waals surface area contributed by atoms with Crippen LogP contribution in [0.3, 0.4) is 0 Å². The first kappa shape index (κ1) is 20.4. The molecule has 2 aliphatic rings. The van der Waals surface area contributed by atoms with Crippen LogP contribution in [-0.2, 0) is 19.4 Å². The fraction of sp³-hybridized carbons (Fsp3) is 0.310. The maximum atomic E-state index is 5.37. The minimum atomic E-state index is 0.544. The Morgan fingerprint density at radius 2 is 1.67 bits per heavy atom. The average Bonchev–Trinajstić information content (AvgIpc) is 3.72. The van der Waals surface area contributed by atoms with Crippen LogP contribution in [0.4, 0.5) is 0 Å². The van der Waals surface area contributed by atoms with E-state index in [0.717, 1.165) is 49.7 Å². The van der Waals surface area contributed by atoms with Crippen molar-refractivity contribution in [2.75, 3.05) is 20.2 Å². The number of fused-ring (bicyclic) bond motifs is 2. The standard InChI is InChI=1S/C29H29N3O/c1-33-24-13-11-21(12-14-24)28-26-15-17-32(18-16-27(26)30-29(31-28)22-9-10-22)19-23-7-4-6-20-5-2-3-8-25(20)23/h2-8,11-14,22H,9-10,15-19H2,1H3. The van der Waals surface area contributed by atoms with Crippen LogP contribution in [0, 0.1) is 0 Å². The zero-order chi connectivity index (χ0) is 22.2. The Kier molecular flexibility index (Phi) is 5.31. The minimum Gasteiger partial charge on any atom is -0.497 e. The molecule has 4 nitrogen and oxygen atoms in total. The third kappa shape index (κ3) is 4.11. The highest BCUT2D eigenvalue weighted by atomic mass is 16.5. The van der Waals surface area contributed by atoms with E-state index in [-0.39, 0.29) is 0 Å².